The van der Waals surface area contributed by atoms with Crippen molar-refractivity contribution in [3.63, 3.8) is 0 Å². The van der Waals surface area contributed by atoms with Gasteiger partial charge in [-0.3, -0.25) is 34.2 Å². The molecule has 5 amide bonds. The molecule has 3 rings (SSSR count). The Morgan fingerprint density at radius 2 is 0.910 bits per heavy atom. The molecule has 1 aromatic rings. The van der Waals surface area contributed by atoms with E-state index in [9.17, 15) is 24.0 Å². The molecule has 382 valence electrons. The van der Waals surface area contributed by atoms with Crippen molar-refractivity contribution in [2.24, 2.45) is 0 Å². The van der Waals surface area contributed by atoms with Crippen LogP contribution in [-0.4, -0.2) is 173 Å². The van der Waals surface area contributed by atoms with Gasteiger partial charge in [0.05, 0.1) is 136 Å². The van der Waals surface area contributed by atoms with Gasteiger partial charge in [0.25, 0.3) is 11.8 Å². The first-order chi connectivity index (χ1) is 32.9. The Hall–Kier alpha value is -3.43. The highest BCUT2D eigenvalue weighted by Gasteiger charge is 2.45. The number of benzene rings is 1. The van der Waals surface area contributed by atoms with E-state index in [2.05, 4.69) is 17.6 Å². The lowest BCUT2D eigenvalue weighted by atomic mass is 10.0. The van der Waals surface area contributed by atoms with E-state index >= 15 is 0 Å². The van der Waals surface area contributed by atoms with Crippen LogP contribution in [0.15, 0.2) is 18.2 Å². The largest absolute Gasteiger partial charge is 0.379 e. The lowest BCUT2D eigenvalue weighted by Gasteiger charge is -2.27. The summed E-state index contributed by atoms with van der Waals surface area (Å²) in [5.41, 5.74) is 0.387. The second-order valence-corrected chi connectivity index (χ2v) is 16.3. The molecule has 0 saturated carbocycles. The van der Waals surface area contributed by atoms with E-state index in [1.165, 1.54) is 63.9 Å². The molecule has 1 fully saturated rings. The first kappa shape index (κ1) is 57.9. The molecular formula is C49H81N3O15. The highest BCUT2D eigenvalue weighted by Crippen LogP contribution is 2.32. The fourth-order valence-electron chi connectivity index (χ4n) is 7.27. The number of ether oxygens (including phenoxy) is 10. The van der Waals surface area contributed by atoms with Crippen molar-refractivity contribution in [2.75, 3.05) is 137 Å². The molecule has 1 saturated heterocycles. The lowest BCUT2D eigenvalue weighted by Crippen LogP contribution is -2.54. The van der Waals surface area contributed by atoms with Gasteiger partial charge in [-0.15, -0.1) is 0 Å². The zero-order valence-corrected chi connectivity index (χ0v) is 40.3. The Morgan fingerprint density at radius 3 is 1.33 bits per heavy atom. The van der Waals surface area contributed by atoms with Gasteiger partial charge in [0.2, 0.25) is 17.7 Å². The van der Waals surface area contributed by atoms with E-state index in [0.717, 1.165) is 30.8 Å². The maximum Gasteiger partial charge on any atom is 0.264 e. The van der Waals surface area contributed by atoms with Gasteiger partial charge in [-0.2, -0.15) is 0 Å². The molecule has 0 aliphatic carbocycles. The van der Waals surface area contributed by atoms with Crippen LogP contribution in [0.2, 0.25) is 0 Å². The number of imide groups is 2. The third-order valence-electron chi connectivity index (χ3n) is 10.9. The molecule has 0 radical (unpaired) electrons. The van der Waals surface area contributed by atoms with Gasteiger partial charge in [0, 0.05) is 26.1 Å². The zero-order chi connectivity index (χ0) is 47.8. The maximum absolute atomic E-state index is 13.2. The van der Waals surface area contributed by atoms with Crippen molar-refractivity contribution in [2.45, 2.75) is 116 Å². The molecule has 2 heterocycles. The van der Waals surface area contributed by atoms with E-state index in [1.54, 1.807) is 12.1 Å². The summed E-state index contributed by atoms with van der Waals surface area (Å²) in [7, 11) is 0. The number of anilines is 1. The molecule has 1 aromatic carbocycles. The molecule has 18 heteroatoms. The van der Waals surface area contributed by atoms with E-state index in [-0.39, 0.29) is 42.0 Å². The van der Waals surface area contributed by atoms with Gasteiger partial charge in [-0.05, 0) is 37.8 Å². The number of piperidine rings is 1. The number of hydrogen-bond donors (Lipinski definition) is 2. The van der Waals surface area contributed by atoms with Crippen LogP contribution in [0.4, 0.5) is 5.69 Å². The fraction of sp³-hybridized carbons (Fsp3) is 0.776. The number of fused-ring (bicyclic) bond motifs is 1. The molecule has 2 aliphatic rings. The number of carbonyl (C=O) groups excluding carboxylic acids is 5. The van der Waals surface area contributed by atoms with Gasteiger partial charge in [-0.1, -0.05) is 77.2 Å². The number of rotatable bonds is 46. The van der Waals surface area contributed by atoms with Crippen LogP contribution in [0.3, 0.4) is 0 Å². The molecule has 1 unspecified atom stereocenters. The average Bonchev–Trinajstić information content (AvgIpc) is 3.57. The monoisotopic (exact) mass is 952 g/mol. The predicted octanol–water partition coefficient (Wildman–Crippen LogP) is 5.67. The van der Waals surface area contributed by atoms with E-state index in [0.29, 0.717) is 132 Å². The molecule has 0 bridgehead atoms. The van der Waals surface area contributed by atoms with Crippen molar-refractivity contribution in [3.05, 3.63) is 29.3 Å². The molecule has 18 nitrogen and oxygen atoms in total. The molecule has 0 aromatic heterocycles. The van der Waals surface area contributed by atoms with E-state index in [1.807, 2.05) is 0 Å². The Kier molecular flexibility index (Phi) is 34.1. The summed E-state index contributed by atoms with van der Waals surface area (Å²) in [5, 5.41) is 4.92. The third kappa shape index (κ3) is 26.8. The van der Waals surface area contributed by atoms with Crippen LogP contribution < -0.4 is 10.6 Å². The van der Waals surface area contributed by atoms with Crippen molar-refractivity contribution >= 4 is 35.2 Å². The number of carbonyl (C=O) groups is 5. The average molecular weight is 952 g/mol. The summed E-state index contributed by atoms with van der Waals surface area (Å²) < 4.78 is 55.5. The van der Waals surface area contributed by atoms with Gasteiger partial charge < -0.3 is 52.7 Å². The highest BCUT2D eigenvalue weighted by molar-refractivity contribution is 6.26. The third-order valence-corrected chi connectivity index (χ3v) is 10.9. The molecular weight excluding hydrogens is 871 g/mol. The van der Waals surface area contributed by atoms with E-state index < -0.39 is 29.7 Å². The summed E-state index contributed by atoms with van der Waals surface area (Å²) in [5.74, 6) is -2.71. The minimum atomic E-state index is -1.07. The number of amides is 5. The van der Waals surface area contributed by atoms with Crippen molar-refractivity contribution in [3.8, 4) is 0 Å². The Labute approximate surface area is 398 Å². The molecule has 0 spiro atoms. The van der Waals surface area contributed by atoms with Gasteiger partial charge in [0.15, 0.2) is 0 Å². The quantitative estimate of drug-likeness (QED) is 0.0597. The standard InChI is InChI=1S/C49H81N3O15/c1-2-3-4-5-6-7-8-9-10-13-21-58-23-25-60-27-29-62-31-33-64-35-37-66-39-40-67-38-36-65-34-32-63-30-28-61-26-24-59-22-14-11-12-18-44(53)50-42-17-15-16-41-46(42)49(57)52(48(41)56)43-19-20-45(54)51-47(43)55/h15-17,43H,2-14,18-40H2,1H3,(H,50,53)(H,51,54,55). The highest BCUT2D eigenvalue weighted by atomic mass is 16.6. The fourth-order valence-corrected chi connectivity index (χ4v) is 7.27. The van der Waals surface area contributed by atoms with Gasteiger partial charge in [-0.25, -0.2) is 0 Å². The summed E-state index contributed by atoms with van der Waals surface area (Å²) >= 11 is 0. The first-order valence-corrected chi connectivity index (χ1v) is 24.9. The summed E-state index contributed by atoms with van der Waals surface area (Å²) in [4.78, 5) is 63.6. The molecule has 1 atom stereocenters. The SMILES string of the molecule is CCCCCCCCCCCCOCCOCCOCCOCCOCCOCCOCCOCCOCCOCCCCCC(=O)Nc1cccc2c1C(=O)N(C1CCC(=O)NC1=O)C2=O. The maximum atomic E-state index is 13.2. The Balaban J connectivity index is 0.960. The predicted molar refractivity (Wildman–Crippen MR) is 250 cm³/mol. The van der Waals surface area contributed by atoms with Crippen molar-refractivity contribution in [1.82, 2.24) is 10.2 Å². The summed E-state index contributed by atoms with van der Waals surface area (Å²) in [6.07, 6.45) is 15.8. The minimum absolute atomic E-state index is 0.0289. The topological polar surface area (TPSA) is 205 Å². The van der Waals surface area contributed by atoms with E-state index in [4.69, 9.17) is 47.4 Å². The number of hydrogen-bond acceptors (Lipinski definition) is 15. The van der Waals surface area contributed by atoms with Crippen LogP contribution in [0.5, 0.6) is 0 Å². The number of unbranched alkanes of at least 4 members (excludes halogenated alkanes) is 11. The smallest absolute Gasteiger partial charge is 0.264 e. The van der Waals surface area contributed by atoms with Crippen molar-refractivity contribution in [1.29, 1.82) is 0 Å². The van der Waals surface area contributed by atoms with Crippen LogP contribution in [-0.2, 0) is 61.8 Å². The van der Waals surface area contributed by atoms with Gasteiger partial charge in [0.1, 0.15) is 6.04 Å². The number of nitrogens with one attached hydrogen (secondary N) is 2. The lowest BCUT2D eigenvalue weighted by molar-refractivity contribution is -0.136. The van der Waals surface area contributed by atoms with Crippen molar-refractivity contribution < 1.29 is 71.3 Å². The second-order valence-electron chi connectivity index (χ2n) is 16.3. The second kappa shape index (κ2) is 39.4. The van der Waals surface area contributed by atoms with Crippen LogP contribution >= 0.6 is 0 Å². The Bertz CT molecular complexity index is 1500. The van der Waals surface area contributed by atoms with Crippen LogP contribution in [0.1, 0.15) is 130 Å². The minimum Gasteiger partial charge on any atom is -0.379 e. The van der Waals surface area contributed by atoms with Crippen LogP contribution in [0.25, 0.3) is 0 Å². The molecule has 2 N–H and O–H groups in total. The summed E-state index contributed by atoms with van der Waals surface area (Å²) in [6, 6.07) is 3.54. The Morgan fingerprint density at radius 1 is 0.522 bits per heavy atom. The summed E-state index contributed by atoms with van der Waals surface area (Å²) in [6.45, 7) is 12.6. The molecule has 67 heavy (non-hydrogen) atoms. The first-order valence-electron chi connectivity index (χ1n) is 24.9. The normalized spacial score (nSPS) is 14.9. The zero-order valence-electron chi connectivity index (χ0n) is 40.3. The number of nitrogens with zero attached hydrogens (tertiary/aromatic N) is 1. The van der Waals surface area contributed by atoms with Crippen LogP contribution in [0, 0.1) is 0 Å². The molecule has 2 aliphatic heterocycles. The van der Waals surface area contributed by atoms with Gasteiger partial charge >= 0.3 is 0 Å².